The lowest BCUT2D eigenvalue weighted by Gasteiger charge is -2.16. The van der Waals surface area contributed by atoms with Crippen molar-refractivity contribution in [1.29, 1.82) is 0 Å². The molecule has 0 saturated heterocycles. The van der Waals surface area contributed by atoms with Gasteiger partial charge in [0.15, 0.2) is 0 Å². The minimum atomic E-state index is 0.0559. The highest BCUT2D eigenvalue weighted by Gasteiger charge is 2.06. The normalized spacial score (nSPS) is 12.4. The van der Waals surface area contributed by atoms with Crippen LogP contribution in [0.3, 0.4) is 0 Å². The Morgan fingerprint density at radius 2 is 2.22 bits per heavy atom. The fraction of sp³-hybridized carbons (Fsp3) is 0.615. The van der Waals surface area contributed by atoms with Crippen molar-refractivity contribution in [2.75, 3.05) is 39.2 Å². The number of anilines is 1. The number of ether oxygens (including phenoxy) is 2. The molecule has 1 unspecified atom stereocenters. The van der Waals surface area contributed by atoms with E-state index in [-0.39, 0.29) is 6.10 Å². The van der Waals surface area contributed by atoms with Crippen LogP contribution in [-0.4, -0.2) is 45.0 Å². The van der Waals surface area contributed by atoms with E-state index < -0.39 is 0 Å². The third kappa shape index (κ3) is 5.44. The van der Waals surface area contributed by atoms with Crippen molar-refractivity contribution in [3.63, 3.8) is 0 Å². The van der Waals surface area contributed by atoms with Crippen LogP contribution in [0.1, 0.15) is 12.6 Å². The van der Waals surface area contributed by atoms with Crippen LogP contribution >= 0.6 is 0 Å². The van der Waals surface area contributed by atoms with E-state index in [0.29, 0.717) is 6.61 Å². The first-order valence-corrected chi connectivity index (χ1v) is 6.21. The molecule has 102 valence electrons. The smallest absolute Gasteiger partial charge is 0.0976 e. The van der Waals surface area contributed by atoms with Crippen molar-refractivity contribution in [3.05, 3.63) is 24.0 Å². The molecule has 1 atom stereocenters. The molecule has 0 bridgehead atoms. The Bertz CT molecular complexity index is 334. The van der Waals surface area contributed by atoms with Gasteiger partial charge in [-0.25, -0.2) is 0 Å². The maximum absolute atomic E-state index is 5.29. The largest absolute Gasteiger partial charge is 0.382 e. The van der Waals surface area contributed by atoms with Crippen LogP contribution in [-0.2, 0) is 16.0 Å². The van der Waals surface area contributed by atoms with E-state index in [1.54, 1.807) is 14.2 Å². The van der Waals surface area contributed by atoms with Gasteiger partial charge >= 0.3 is 0 Å². The molecule has 0 amide bonds. The molecule has 5 heteroatoms. The SMILES string of the molecule is CCNCc1cc(NCC(COC)OC)ccn1. The Kier molecular flexibility index (Phi) is 7.32. The van der Waals surface area contributed by atoms with Gasteiger partial charge in [-0.1, -0.05) is 6.92 Å². The summed E-state index contributed by atoms with van der Waals surface area (Å²) < 4.78 is 10.4. The molecule has 5 nitrogen and oxygen atoms in total. The van der Waals surface area contributed by atoms with E-state index in [9.17, 15) is 0 Å². The first-order chi connectivity index (χ1) is 8.80. The van der Waals surface area contributed by atoms with Gasteiger partial charge in [-0.15, -0.1) is 0 Å². The van der Waals surface area contributed by atoms with Gasteiger partial charge in [0, 0.05) is 39.2 Å². The predicted molar refractivity (Wildman–Crippen MR) is 72.8 cm³/mol. The van der Waals surface area contributed by atoms with Crippen molar-refractivity contribution >= 4 is 5.69 Å². The summed E-state index contributed by atoms with van der Waals surface area (Å²) in [6.07, 6.45) is 1.87. The highest BCUT2D eigenvalue weighted by molar-refractivity contribution is 5.43. The van der Waals surface area contributed by atoms with Gasteiger partial charge in [0.05, 0.1) is 18.4 Å². The van der Waals surface area contributed by atoms with Gasteiger partial charge in [0.25, 0.3) is 0 Å². The average Bonchev–Trinajstić information content (AvgIpc) is 2.41. The lowest BCUT2D eigenvalue weighted by molar-refractivity contribution is 0.0365. The lowest BCUT2D eigenvalue weighted by Crippen LogP contribution is -2.26. The maximum Gasteiger partial charge on any atom is 0.0976 e. The van der Waals surface area contributed by atoms with E-state index in [0.717, 1.165) is 31.0 Å². The summed E-state index contributed by atoms with van der Waals surface area (Å²) in [5.41, 5.74) is 2.08. The third-order valence-electron chi connectivity index (χ3n) is 2.59. The topological polar surface area (TPSA) is 55.4 Å². The maximum atomic E-state index is 5.29. The van der Waals surface area contributed by atoms with Crippen molar-refractivity contribution in [2.24, 2.45) is 0 Å². The van der Waals surface area contributed by atoms with Gasteiger partial charge in [0.2, 0.25) is 0 Å². The number of hydrogen-bond donors (Lipinski definition) is 2. The van der Waals surface area contributed by atoms with E-state index >= 15 is 0 Å². The zero-order chi connectivity index (χ0) is 13.2. The summed E-state index contributed by atoms with van der Waals surface area (Å²) in [5.74, 6) is 0. The molecule has 0 aliphatic carbocycles. The molecule has 0 aliphatic heterocycles. The molecule has 18 heavy (non-hydrogen) atoms. The Morgan fingerprint density at radius 3 is 2.89 bits per heavy atom. The summed E-state index contributed by atoms with van der Waals surface area (Å²) in [4.78, 5) is 4.30. The third-order valence-corrected chi connectivity index (χ3v) is 2.59. The minimum Gasteiger partial charge on any atom is -0.382 e. The van der Waals surface area contributed by atoms with E-state index in [4.69, 9.17) is 9.47 Å². The number of aromatic nitrogens is 1. The zero-order valence-corrected chi connectivity index (χ0v) is 11.4. The van der Waals surface area contributed by atoms with Crippen LogP contribution in [0.2, 0.25) is 0 Å². The monoisotopic (exact) mass is 253 g/mol. The van der Waals surface area contributed by atoms with Gasteiger partial charge in [-0.05, 0) is 18.7 Å². The quantitative estimate of drug-likeness (QED) is 0.694. The van der Waals surface area contributed by atoms with Crippen molar-refractivity contribution in [2.45, 2.75) is 19.6 Å². The fourth-order valence-corrected chi connectivity index (χ4v) is 1.57. The first-order valence-electron chi connectivity index (χ1n) is 6.21. The number of nitrogens with zero attached hydrogens (tertiary/aromatic N) is 1. The summed E-state index contributed by atoms with van der Waals surface area (Å²) in [6, 6.07) is 4.00. The summed E-state index contributed by atoms with van der Waals surface area (Å²) in [6.45, 7) is 5.11. The number of nitrogens with one attached hydrogen (secondary N) is 2. The second-order valence-electron chi connectivity index (χ2n) is 4.01. The summed E-state index contributed by atoms with van der Waals surface area (Å²) >= 11 is 0. The van der Waals surface area contributed by atoms with Gasteiger partial charge < -0.3 is 20.1 Å². The molecule has 0 radical (unpaired) electrons. The number of hydrogen-bond acceptors (Lipinski definition) is 5. The van der Waals surface area contributed by atoms with E-state index in [2.05, 4.69) is 22.5 Å². The van der Waals surface area contributed by atoms with E-state index in [1.807, 2.05) is 18.3 Å². The van der Waals surface area contributed by atoms with Gasteiger partial charge in [-0.3, -0.25) is 4.98 Å². The Morgan fingerprint density at radius 1 is 1.39 bits per heavy atom. The van der Waals surface area contributed by atoms with Crippen LogP contribution in [0.25, 0.3) is 0 Å². The van der Waals surface area contributed by atoms with E-state index in [1.165, 1.54) is 0 Å². The second kappa shape index (κ2) is 8.85. The van der Waals surface area contributed by atoms with Crippen molar-refractivity contribution in [3.8, 4) is 0 Å². The fourth-order valence-electron chi connectivity index (χ4n) is 1.57. The molecule has 2 N–H and O–H groups in total. The van der Waals surface area contributed by atoms with Crippen LogP contribution < -0.4 is 10.6 Å². The Balaban J connectivity index is 2.45. The molecule has 1 aromatic heterocycles. The highest BCUT2D eigenvalue weighted by Crippen LogP contribution is 2.08. The molecule has 1 heterocycles. The van der Waals surface area contributed by atoms with Crippen LogP contribution in [0, 0.1) is 0 Å². The van der Waals surface area contributed by atoms with Crippen LogP contribution in [0.5, 0.6) is 0 Å². The molecule has 0 saturated carbocycles. The molecular formula is C13H23N3O2. The standard InChI is InChI=1S/C13H23N3O2/c1-4-14-8-12-7-11(5-6-15-12)16-9-13(18-3)10-17-2/h5-7,13-14H,4,8-10H2,1-3H3,(H,15,16). The predicted octanol–water partition coefficient (Wildman–Crippen LogP) is 1.26. The minimum absolute atomic E-state index is 0.0559. The molecule has 0 spiro atoms. The lowest BCUT2D eigenvalue weighted by atomic mass is 10.3. The molecule has 1 rings (SSSR count). The molecule has 0 fully saturated rings. The second-order valence-corrected chi connectivity index (χ2v) is 4.01. The zero-order valence-electron chi connectivity index (χ0n) is 11.4. The molecular weight excluding hydrogens is 230 g/mol. The highest BCUT2D eigenvalue weighted by atomic mass is 16.5. The Labute approximate surface area is 109 Å². The van der Waals surface area contributed by atoms with Crippen LogP contribution in [0.4, 0.5) is 5.69 Å². The number of methoxy groups -OCH3 is 2. The number of pyridine rings is 1. The summed E-state index contributed by atoms with van der Waals surface area (Å²) in [5, 5.41) is 6.58. The van der Waals surface area contributed by atoms with Crippen molar-refractivity contribution in [1.82, 2.24) is 10.3 Å². The first kappa shape index (κ1) is 14.9. The average molecular weight is 253 g/mol. The Hall–Kier alpha value is -1.17. The number of rotatable bonds is 9. The summed E-state index contributed by atoms with van der Waals surface area (Å²) in [7, 11) is 3.36. The molecule has 0 aromatic carbocycles. The van der Waals surface area contributed by atoms with Gasteiger partial charge in [-0.2, -0.15) is 0 Å². The van der Waals surface area contributed by atoms with Gasteiger partial charge in [0.1, 0.15) is 0 Å². The molecule has 1 aromatic rings. The van der Waals surface area contributed by atoms with Crippen LogP contribution in [0.15, 0.2) is 18.3 Å². The van der Waals surface area contributed by atoms with Crippen molar-refractivity contribution < 1.29 is 9.47 Å². The molecule has 0 aliphatic rings.